The molecule has 2 aromatic heterocycles. The Labute approximate surface area is 198 Å². The minimum atomic E-state index is -1.14. The second-order valence-corrected chi connectivity index (χ2v) is 11.1. The fraction of sp³-hybridized carbons (Fsp3) is 0.520. The lowest BCUT2D eigenvalue weighted by atomic mass is 9.84. The lowest BCUT2D eigenvalue weighted by molar-refractivity contribution is -0.160. The smallest absolute Gasteiger partial charge is 0.337 e. The van der Waals surface area contributed by atoms with Gasteiger partial charge in [-0.15, -0.1) is 11.3 Å². The van der Waals surface area contributed by atoms with Crippen molar-refractivity contribution in [2.24, 2.45) is 0 Å². The highest BCUT2D eigenvalue weighted by Crippen LogP contribution is 2.46. The van der Waals surface area contributed by atoms with Crippen LogP contribution in [0.1, 0.15) is 73.4 Å². The number of fused-ring (bicyclic) bond motifs is 3. The van der Waals surface area contributed by atoms with Crippen LogP contribution in [0.15, 0.2) is 17.2 Å². The third-order valence-electron chi connectivity index (χ3n) is 6.03. The highest BCUT2D eigenvalue weighted by atomic mass is 35.5. The normalized spacial score (nSPS) is 20.0. The summed E-state index contributed by atoms with van der Waals surface area (Å²) in [5.74, 6) is -1.02. The van der Waals surface area contributed by atoms with Gasteiger partial charge in [0, 0.05) is 40.1 Å². The number of pyridine rings is 1. The molecular weight excluding hydrogens is 446 g/mol. The van der Waals surface area contributed by atoms with E-state index in [0.717, 1.165) is 45.6 Å². The molecule has 2 aliphatic carbocycles. The molecule has 7 heteroatoms. The maximum Gasteiger partial charge on any atom is 0.337 e. The number of halogens is 1. The van der Waals surface area contributed by atoms with E-state index < -0.39 is 17.7 Å². The highest BCUT2D eigenvalue weighted by Gasteiger charge is 2.36. The minimum absolute atomic E-state index is 0.264. The topological polar surface area (TPSA) is 68.7 Å². The number of carbonyl (C=O) groups is 1. The maximum absolute atomic E-state index is 12.5. The number of rotatable bonds is 5. The van der Waals surface area contributed by atoms with Gasteiger partial charge in [-0.2, -0.15) is 0 Å². The van der Waals surface area contributed by atoms with Crippen molar-refractivity contribution < 1.29 is 19.4 Å². The number of hydrogen-bond donors (Lipinski definition) is 1. The zero-order valence-corrected chi connectivity index (χ0v) is 20.8. The molecular formula is C25H30ClNO4S. The SMILES string of the molecule is CO[C@@H]1CC(Cl)=CC=C1c1c([C@H](OC(C)(C)C)C(=O)O)c(C)nc2sc3c(c12)CCCC3. The Morgan fingerprint density at radius 3 is 2.66 bits per heavy atom. The molecule has 2 heterocycles. The summed E-state index contributed by atoms with van der Waals surface area (Å²) in [5, 5.41) is 12.0. The standard InChI is InChI=1S/C25H30ClNO4S/c1-13-19(22(24(28)29)31-25(2,3)4)20(15-11-10-14(26)12-17(15)30-5)21-16-8-6-7-9-18(16)32-23(21)27-13/h10-11,17,22H,6-9,12H2,1-5H3,(H,28,29)/t17-,22+/m1/s1. The van der Waals surface area contributed by atoms with Gasteiger partial charge in [0.05, 0.1) is 11.7 Å². The first-order chi connectivity index (χ1) is 15.1. The summed E-state index contributed by atoms with van der Waals surface area (Å²) in [4.78, 5) is 19.7. The molecule has 2 aliphatic rings. The lowest BCUT2D eigenvalue weighted by Gasteiger charge is -2.30. The number of ether oxygens (including phenoxy) is 2. The Morgan fingerprint density at radius 1 is 1.28 bits per heavy atom. The van der Waals surface area contributed by atoms with Gasteiger partial charge >= 0.3 is 5.97 Å². The van der Waals surface area contributed by atoms with Crippen LogP contribution in [0.2, 0.25) is 0 Å². The van der Waals surface area contributed by atoms with Gasteiger partial charge < -0.3 is 14.6 Å². The lowest BCUT2D eigenvalue weighted by Crippen LogP contribution is -2.29. The zero-order valence-electron chi connectivity index (χ0n) is 19.3. The molecule has 0 amide bonds. The van der Waals surface area contributed by atoms with E-state index in [1.165, 1.54) is 16.9 Å². The van der Waals surface area contributed by atoms with Crippen LogP contribution in [-0.2, 0) is 27.1 Å². The summed E-state index contributed by atoms with van der Waals surface area (Å²) in [7, 11) is 1.67. The van der Waals surface area contributed by atoms with E-state index in [2.05, 4.69) is 0 Å². The molecule has 0 saturated carbocycles. The van der Waals surface area contributed by atoms with Crippen LogP contribution in [0.25, 0.3) is 15.8 Å². The van der Waals surface area contributed by atoms with E-state index in [-0.39, 0.29) is 6.10 Å². The Morgan fingerprint density at radius 2 is 2.00 bits per heavy atom. The monoisotopic (exact) mass is 475 g/mol. The molecule has 2 aromatic rings. The number of aliphatic carboxylic acids is 1. The first-order valence-electron chi connectivity index (χ1n) is 11.1. The fourth-order valence-electron chi connectivity index (χ4n) is 4.72. The van der Waals surface area contributed by atoms with Crippen LogP contribution < -0.4 is 0 Å². The number of nitrogens with zero attached hydrogens (tertiary/aromatic N) is 1. The van der Waals surface area contributed by atoms with Crippen molar-refractivity contribution in [1.29, 1.82) is 0 Å². The van der Waals surface area contributed by atoms with Crippen LogP contribution in [0.4, 0.5) is 0 Å². The average Bonchev–Trinajstić information content (AvgIpc) is 3.08. The molecule has 0 fully saturated rings. The molecule has 2 atom stereocenters. The summed E-state index contributed by atoms with van der Waals surface area (Å²) in [6.45, 7) is 7.50. The average molecular weight is 476 g/mol. The fourth-order valence-corrected chi connectivity index (χ4v) is 6.24. The van der Waals surface area contributed by atoms with Gasteiger partial charge in [-0.25, -0.2) is 9.78 Å². The predicted octanol–water partition coefficient (Wildman–Crippen LogP) is 6.35. The molecule has 172 valence electrons. The van der Waals surface area contributed by atoms with Crippen LogP contribution in [0, 0.1) is 6.92 Å². The number of allylic oxidation sites excluding steroid dienone is 2. The third-order valence-corrected chi connectivity index (χ3v) is 7.50. The quantitative estimate of drug-likeness (QED) is 0.545. The first kappa shape index (κ1) is 23.4. The Kier molecular flexibility index (Phi) is 6.52. The van der Waals surface area contributed by atoms with Crippen molar-refractivity contribution in [2.75, 3.05) is 7.11 Å². The van der Waals surface area contributed by atoms with Crippen molar-refractivity contribution in [3.63, 3.8) is 0 Å². The molecule has 0 aliphatic heterocycles. The maximum atomic E-state index is 12.5. The van der Waals surface area contributed by atoms with Crippen molar-refractivity contribution >= 4 is 44.7 Å². The second-order valence-electron chi connectivity index (χ2n) is 9.49. The van der Waals surface area contributed by atoms with Gasteiger partial charge in [0.15, 0.2) is 6.10 Å². The molecule has 4 rings (SSSR count). The van der Waals surface area contributed by atoms with Gasteiger partial charge in [0.2, 0.25) is 0 Å². The van der Waals surface area contributed by atoms with E-state index in [1.807, 2.05) is 39.8 Å². The number of carboxylic acids is 1. The van der Waals surface area contributed by atoms with Crippen molar-refractivity contribution in [3.8, 4) is 0 Å². The third kappa shape index (κ3) is 4.38. The van der Waals surface area contributed by atoms with Crippen LogP contribution in [0.3, 0.4) is 0 Å². The first-order valence-corrected chi connectivity index (χ1v) is 12.2. The van der Waals surface area contributed by atoms with E-state index in [9.17, 15) is 9.90 Å². The van der Waals surface area contributed by atoms with E-state index in [0.29, 0.717) is 17.7 Å². The molecule has 0 spiro atoms. The van der Waals surface area contributed by atoms with Crippen molar-refractivity contribution in [1.82, 2.24) is 4.98 Å². The van der Waals surface area contributed by atoms with Gasteiger partial charge in [-0.1, -0.05) is 17.7 Å². The van der Waals surface area contributed by atoms with Crippen LogP contribution >= 0.6 is 22.9 Å². The summed E-state index contributed by atoms with van der Waals surface area (Å²) >= 11 is 8.07. The highest BCUT2D eigenvalue weighted by molar-refractivity contribution is 7.18. The molecule has 5 nitrogen and oxygen atoms in total. The van der Waals surface area contributed by atoms with Gasteiger partial charge in [-0.05, 0) is 76.2 Å². The summed E-state index contributed by atoms with van der Waals surface area (Å²) in [6.07, 6.45) is 7.33. The number of thiophene rings is 1. The number of aryl methyl sites for hydroxylation is 3. The van der Waals surface area contributed by atoms with E-state index >= 15 is 0 Å². The Balaban J connectivity index is 2.08. The minimum Gasteiger partial charge on any atom is -0.479 e. The number of methoxy groups -OCH3 is 1. The molecule has 0 bridgehead atoms. The predicted molar refractivity (Wildman–Crippen MR) is 130 cm³/mol. The molecule has 0 unspecified atom stereocenters. The summed E-state index contributed by atoms with van der Waals surface area (Å²) in [5.41, 5.74) is 3.80. The number of hydrogen-bond acceptors (Lipinski definition) is 5. The number of carboxylic acid groups (broad SMARTS) is 1. The molecule has 0 radical (unpaired) electrons. The van der Waals surface area contributed by atoms with Gasteiger partial charge in [-0.3, -0.25) is 0 Å². The second kappa shape index (κ2) is 8.90. The molecule has 0 aromatic carbocycles. The molecule has 32 heavy (non-hydrogen) atoms. The largest absolute Gasteiger partial charge is 0.479 e. The summed E-state index contributed by atoms with van der Waals surface area (Å²) < 4.78 is 11.9. The van der Waals surface area contributed by atoms with E-state index in [1.54, 1.807) is 18.4 Å². The molecule has 1 N–H and O–H groups in total. The summed E-state index contributed by atoms with van der Waals surface area (Å²) in [6, 6.07) is 0. The Hall–Kier alpha value is -1.73. The Bertz CT molecular complexity index is 1130. The van der Waals surface area contributed by atoms with Gasteiger partial charge in [0.1, 0.15) is 4.83 Å². The van der Waals surface area contributed by atoms with Gasteiger partial charge in [0.25, 0.3) is 0 Å². The van der Waals surface area contributed by atoms with Crippen molar-refractivity contribution in [3.05, 3.63) is 44.4 Å². The number of aromatic nitrogens is 1. The van der Waals surface area contributed by atoms with Crippen molar-refractivity contribution in [2.45, 2.75) is 77.6 Å². The van der Waals surface area contributed by atoms with Crippen LogP contribution in [-0.4, -0.2) is 34.9 Å². The van der Waals surface area contributed by atoms with E-state index in [4.69, 9.17) is 26.1 Å². The van der Waals surface area contributed by atoms with Crippen LogP contribution in [0.5, 0.6) is 0 Å². The molecule has 0 saturated heterocycles. The zero-order chi connectivity index (χ0) is 23.2.